The predicted octanol–water partition coefficient (Wildman–Crippen LogP) is 5.45. The van der Waals surface area contributed by atoms with Gasteiger partial charge in [0.2, 0.25) is 0 Å². The van der Waals surface area contributed by atoms with E-state index in [4.69, 9.17) is 16.3 Å². The van der Waals surface area contributed by atoms with E-state index in [0.29, 0.717) is 27.0 Å². The number of hydrogen-bond acceptors (Lipinski definition) is 5. The number of benzene rings is 2. The Labute approximate surface area is 155 Å². The minimum Gasteiger partial charge on any atom is -0.495 e. The van der Waals surface area contributed by atoms with Crippen molar-refractivity contribution >= 4 is 34.2 Å². The molecule has 6 heteroatoms. The predicted molar refractivity (Wildman–Crippen MR) is 103 cm³/mol. The maximum atomic E-state index is 9.47. The van der Waals surface area contributed by atoms with Crippen molar-refractivity contribution in [1.29, 1.82) is 5.26 Å². The molecule has 0 amide bonds. The van der Waals surface area contributed by atoms with Gasteiger partial charge < -0.3 is 10.1 Å². The Morgan fingerprint density at radius 2 is 2.08 bits per heavy atom. The number of aromatic nitrogens is 1. The molecule has 4 nitrogen and oxygen atoms in total. The minimum absolute atomic E-state index is 0.439. The summed E-state index contributed by atoms with van der Waals surface area (Å²) in [4.78, 5) is 4.55. The second-order valence-corrected chi connectivity index (χ2v) is 6.36. The van der Waals surface area contributed by atoms with Crippen molar-refractivity contribution in [2.75, 3.05) is 12.4 Å². The van der Waals surface area contributed by atoms with Crippen LogP contribution >= 0.6 is 22.9 Å². The molecule has 124 valence electrons. The quantitative estimate of drug-likeness (QED) is 0.609. The molecule has 25 heavy (non-hydrogen) atoms. The second kappa shape index (κ2) is 7.84. The lowest BCUT2D eigenvalue weighted by atomic mass is 10.2. The molecule has 1 heterocycles. The van der Waals surface area contributed by atoms with Gasteiger partial charge in [-0.2, -0.15) is 5.26 Å². The third-order valence-corrected chi connectivity index (χ3v) is 4.57. The summed E-state index contributed by atoms with van der Waals surface area (Å²) in [5.74, 6) is 0.641. The van der Waals surface area contributed by atoms with Crippen LogP contribution in [0.1, 0.15) is 5.01 Å². The molecule has 3 rings (SSSR count). The van der Waals surface area contributed by atoms with Gasteiger partial charge in [-0.3, -0.25) is 0 Å². The SMILES string of the molecule is COc1ccc(Cl)cc1NC=C(C#N)c1nc(-c2ccccc2)cs1. The zero-order valence-electron chi connectivity index (χ0n) is 13.4. The van der Waals surface area contributed by atoms with Crippen LogP contribution in [0.15, 0.2) is 60.1 Å². The molecule has 0 aliphatic rings. The van der Waals surface area contributed by atoms with Gasteiger partial charge in [0.25, 0.3) is 0 Å². The van der Waals surface area contributed by atoms with Gasteiger partial charge in [0.1, 0.15) is 22.4 Å². The number of halogens is 1. The van der Waals surface area contributed by atoms with E-state index >= 15 is 0 Å². The van der Waals surface area contributed by atoms with Gasteiger partial charge in [0.05, 0.1) is 18.5 Å². The highest BCUT2D eigenvalue weighted by atomic mass is 35.5. The summed E-state index contributed by atoms with van der Waals surface area (Å²) in [7, 11) is 1.58. The number of nitrogens with one attached hydrogen (secondary N) is 1. The van der Waals surface area contributed by atoms with Crippen molar-refractivity contribution in [2.45, 2.75) is 0 Å². The van der Waals surface area contributed by atoms with E-state index in [1.165, 1.54) is 11.3 Å². The summed E-state index contributed by atoms with van der Waals surface area (Å²) in [5.41, 5.74) is 2.99. The maximum absolute atomic E-state index is 9.47. The zero-order chi connectivity index (χ0) is 17.6. The summed E-state index contributed by atoms with van der Waals surface area (Å²) < 4.78 is 5.29. The summed E-state index contributed by atoms with van der Waals surface area (Å²) >= 11 is 7.45. The van der Waals surface area contributed by atoms with Crippen LogP contribution in [-0.4, -0.2) is 12.1 Å². The first-order valence-electron chi connectivity index (χ1n) is 7.43. The van der Waals surface area contributed by atoms with Gasteiger partial charge in [0, 0.05) is 22.2 Å². The van der Waals surface area contributed by atoms with Gasteiger partial charge in [-0.15, -0.1) is 11.3 Å². The Balaban J connectivity index is 1.86. The maximum Gasteiger partial charge on any atom is 0.142 e. The fourth-order valence-electron chi connectivity index (χ4n) is 2.22. The lowest BCUT2D eigenvalue weighted by Crippen LogP contribution is -1.95. The smallest absolute Gasteiger partial charge is 0.142 e. The molecule has 0 atom stereocenters. The largest absolute Gasteiger partial charge is 0.495 e. The standard InChI is InChI=1S/C19H14ClN3OS/c1-24-18-8-7-15(20)9-16(18)22-11-14(10-21)19-23-17(12-25-19)13-5-3-2-4-6-13/h2-9,11-12,22H,1H3. The van der Waals surface area contributed by atoms with Crippen LogP contribution in [-0.2, 0) is 0 Å². The van der Waals surface area contributed by atoms with E-state index in [9.17, 15) is 5.26 Å². The van der Waals surface area contributed by atoms with E-state index in [1.54, 1.807) is 31.5 Å². The van der Waals surface area contributed by atoms with E-state index in [1.807, 2.05) is 35.7 Å². The molecule has 0 fully saturated rings. The van der Waals surface area contributed by atoms with Crippen molar-refractivity contribution in [3.05, 3.63) is 70.1 Å². The van der Waals surface area contributed by atoms with Crippen LogP contribution in [0.2, 0.25) is 5.02 Å². The fraction of sp³-hybridized carbons (Fsp3) is 0.0526. The molecule has 0 saturated heterocycles. The lowest BCUT2D eigenvalue weighted by molar-refractivity contribution is 0.417. The van der Waals surface area contributed by atoms with Gasteiger partial charge in [-0.1, -0.05) is 41.9 Å². The minimum atomic E-state index is 0.439. The molecule has 0 saturated carbocycles. The number of nitrogens with zero attached hydrogens (tertiary/aromatic N) is 2. The van der Waals surface area contributed by atoms with Gasteiger partial charge in [-0.25, -0.2) is 4.98 Å². The molecular weight excluding hydrogens is 354 g/mol. The van der Waals surface area contributed by atoms with E-state index in [2.05, 4.69) is 16.4 Å². The summed E-state index contributed by atoms with van der Waals surface area (Å²) in [6.45, 7) is 0. The zero-order valence-corrected chi connectivity index (χ0v) is 14.9. The molecule has 0 aliphatic heterocycles. The Kier molecular flexibility index (Phi) is 5.34. The Morgan fingerprint density at radius 1 is 1.28 bits per heavy atom. The van der Waals surface area contributed by atoms with Crippen molar-refractivity contribution < 1.29 is 4.74 Å². The van der Waals surface area contributed by atoms with E-state index in [0.717, 1.165) is 11.3 Å². The molecule has 2 aromatic carbocycles. The molecule has 3 aromatic rings. The molecule has 1 N–H and O–H groups in total. The lowest BCUT2D eigenvalue weighted by Gasteiger charge is -2.08. The van der Waals surface area contributed by atoms with Crippen LogP contribution < -0.4 is 10.1 Å². The highest BCUT2D eigenvalue weighted by Crippen LogP contribution is 2.29. The third kappa shape index (κ3) is 4.00. The van der Waals surface area contributed by atoms with Crippen molar-refractivity contribution in [3.8, 4) is 23.1 Å². The van der Waals surface area contributed by atoms with Crippen LogP contribution in [0.25, 0.3) is 16.8 Å². The molecule has 1 aromatic heterocycles. The highest BCUT2D eigenvalue weighted by molar-refractivity contribution is 7.11. The number of nitriles is 1. The van der Waals surface area contributed by atoms with Crippen LogP contribution in [0.3, 0.4) is 0 Å². The highest BCUT2D eigenvalue weighted by Gasteiger charge is 2.09. The van der Waals surface area contributed by atoms with E-state index < -0.39 is 0 Å². The summed E-state index contributed by atoms with van der Waals surface area (Å²) in [5, 5.41) is 15.7. The van der Waals surface area contributed by atoms with Crippen LogP contribution in [0, 0.1) is 11.3 Å². The number of allylic oxidation sites excluding steroid dienone is 1. The van der Waals surface area contributed by atoms with Crippen molar-refractivity contribution in [2.24, 2.45) is 0 Å². The molecule has 0 unspecified atom stereocenters. The molecule has 0 bridgehead atoms. The van der Waals surface area contributed by atoms with Crippen molar-refractivity contribution in [1.82, 2.24) is 4.98 Å². The molecule has 0 radical (unpaired) electrons. The first kappa shape index (κ1) is 17.0. The Hall–Kier alpha value is -2.81. The normalized spacial score (nSPS) is 11.0. The van der Waals surface area contributed by atoms with Crippen LogP contribution in [0.4, 0.5) is 5.69 Å². The number of thiazole rings is 1. The van der Waals surface area contributed by atoms with E-state index in [-0.39, 0.29) is 0 Å². The molecule has 0 spiro atoms. The summed E-state index contributed by atoms with van der Waals surface area (Å²) in [6, 6.07) is 17.3. The molecule has 0 aliphatic carbocycles. The van der Waals surface area contributed by atoms with Gasteiger partial charge in [0.15, 0.2) is 0 Å². The van der Waals surface area contributed by atoms with Gasteiger partial charge >= 0.3 is 0 Å². The average molecular weight is 368 g/mol. The van der Waals surface area contributed by atoms with Crippen LogP contribution in [0.5, 0.6) is 5.75 Å². The second-order valence-electron chi connectivity index (χ2n) is 5.06. The first-order valence-corrected chi connectivity index (χ1v) is 8.68. The van der Waals surface area contributed by atoms with Gasteiger partial charge in [-0.05, 0) is 18.2 Å². The topological polar surface area (TPSA) is 57.9 Å². The Bertz CT molecular complexity index is 945. The van der Waals surface area contributed by atoms with Crippen molar-refractivity contribution in [3.63, 3.8) is 0 Å². The number of rotatable bonds is 5. The number of methoxy groups -OCH3 is 1. The average Bonchev–Trinajstić information content (AvgIpc) is 3.13. The third-order valence-electron chi connectivity index (χ3n) is 3.46. The molecular formula is C19H14ClN3OS. The monoisotopic (exact) mass is 367 g/mol. The first-order chi connectivity index (χ1) is 12.2. The number of anilines is 1. The number of ether oxygens (including phenoxy) is 1. The Morgan fingerprint density at radius 3 is 2.80 bits per heavy atom. The number of hydrogen-bond donors (Lipinski definition) is 1. The fourth-order valence-corrected chi connectivity index (χ4v) is 3.19. The summed E-state index contributed by atoms with van der Waals surface area (Å²) in [6.07, 6.45) is 1.61.